The first-order valence-corrected chi connectivity index (χ1v) is 10.8. The standard InChI is InChI=1S/C18H21NO5S2/c20-12-13-4-3-5-14(10-13)15-6-7-16(25-15)18(11-17(21)19-22)8-1-2-9-26(18,23)24/h3-7,10,20,22H,1-2,8-9,11-12H2,(H,19,21)/t18-/m0/s1. The van der Waals surface area contributed by atoms with Crippen molar-refractivity contribution in [1.29, 1.82) is 0 Å². The van der Waals surface area contributed by atoms with Crippen LogP contribution in [-0.4, -0.2) is 30.4 Å². The number of sulfone groups is 1. The van der Waals surface area contributed by atoms with Crippen molar-refractivity contribution in [2.45, 2.75) is 37.0 Å². The van der Waals surface area contributed by atoms with E-state index in [1.807, 2.05) is 30.3 Å². The molecule has 0 unspecified atom stereocenters. The first-order valence-electron chi connectivity index (χ1n) is 8.37. The maximum atomic E-state index is 12.9. The number of hydrogen-bond donors (Lipinski definition) is 3. The van der Waals surface area contributed by atoms with E-state index in [0.717, 1.165) is 16.0 Å². The first-order chi connectivity index (χ1) is 12.4. The molecule has 0 bridgehead atoms. The first kappa shape index (κ1) is 19.0. The molecule has 26 heavy (non-hydrogen) atoms. The summed E-state index contributed by atoms with van der Waals surface area (Å²) in [6.07, 6.45) is 1.37. The van der Waals surface area contributed by atoms with Gasteiger partial charge in [0.15, 0.2) is 9.84 Å². The highest BCUT2D eigenvalue weighted by Gasteiger charge is 2.49. The Morgan fingerprint density at radius 3 is 2.73 bits per heavy atom. The molecule has 1 aromatic heterocycles. The van der Waals surface area contributed by atoms with Gasteiger partial charge in [-0.2, -0.15) is 0 Å². The molecule has 0 aliphatic carbocycles. The summed E-state index contributed by atoms with van der Waals surface area (Å²) in [5.74, 6) is -0.661. The van der Waals surface area contributed by atoms with Gasteiger partial charge in [0, 0.05) is 9.75 Å². The van der Waals surface area contributed by atoms with Crippen LogP contribution in [0.1, 0.15) is 36.1 Å². The highest BCUT2D eigenvalue weighted by atomic mass is 32.2. The Morgan fingerprint density at radius 2 is 2.04 bits per heavy atom. The Morgan fingerprint density at radius 1 is 1.23 bits per heavy atom. The van der Waals surface area contributed by atoms with Crippen LogP contribution in [0.25, 0.3) is 10.4 Å². The average Bonchev–Trinajstić information content (AvgIpc) is 3.14. The van der Waals surface area contributed by atoms with E-state index >= 15 is 0 Å². The number of aliphatic hydroxyl groups excluding tert-OH is 1. The van der Waals surface area contributed by atoms with Crippen LogP contribution in [0.5, 0.6) is 0 Å². The van der Waals surface area contributed by atoms with E-state index in [0.29, 0.717) is 24.1 Å². The van der Waals surface area contributed by atoms with Gasteiger partial charge in [-0.15, -0.1) is 11.3 Å². The summed E-state index contributed by atoms with van der Waals surface area (Å²) in [7, 11) is -3.53. The second-order valence-electron chi connectivity index (χ2n) is 6.50. The molecule has 0 spiro atoms. The van der Waals surface area contributed by atoms with E-state index in [-0.39, 0.29) is 18.8 Å². The van der Waals surface area contributed by atoms with E-state index in [9.17, 15) is 18.3 Å². The summed E-state index contributed by atoms with van der Waals surface area (Å²) in [6.45, 7) is -0.0684. The Bertz CT molecular complexity index is 906. The van der Waals surface area contributed by atoms with Crippen molar-refractivity contribution in [3.05, 3.63) is 46.8 Å². The van der Waals surface area contributed by atoms with Gasteiger partial charge in [0.25, 0.3) is 0 Å². The van der Waals surface area contributed by atoms with E-state index in [1.165, 1.54) is 11.3 Å². The van der Waals surface area contributed by atoms with Gasteiger partial charge in [-0.3, -0.25) is 10.0 Å². The largest absolute Gasteiger partial charge is 0.392 e. The highest BCUT2D eigenvalue weighted by molar-refractivity contribution is 7.92. The predicted octanol–water partition coefficient (Wildman–Crippen LogP) is 2.60. The maximum Gasteiger partial charge on any atom is 0.245 e. The molecular weight excluding hydrogens is 374 g/mol. The lowest BCUT2D eigenvalue weighted by Gasteiger charge is -2.35. The van der Waals surface area contributed by atoms with Crippen LogP contribution in [0.15, 0.2) is 36.4 Å². The number of hydroxylamine groups is 1. The fourth-order valence-corrected chi connectivity index (χ4v) is 7.25. The molecule has 1 atom stereocenters. The van der Waals surface area contributed by atoms with Crippen LogP contribution in [0.2, 0.25) is 0 Å². The van der Waals surface area contributed by atoms with E-state index < -0.39 is 20.5 Å². The van der Waals surface area contributed by atoms with Crippen molar-refractivity contribution in [3.8, 4) is 10.4 Å². The fraction of sp³-hybridized carbons (Fsp3) is 0.389. The predicted molar refractivity (Wildman–Crippen MR) is 99.5 cm³/mol. The molecule has 1 aliphatic heterocycles. The Labute approximate surface area is 156 Å². The monoisotopic (exact) mass is 395 g/mol. The van der Waals surface area contributed by atoms with Crippen LogP contribution >= 0.6 is 11.3 Å². The molecule has 0 saturated carbocycles. The lowest BCUT2D eigenvalue weighted by atomic mass is 9.94. The molecule has 6 nitrogen and oxygen atoms in total. The Balaban J connectivity index is 2.06. The number of carbonyl (C=O) groups is 1. The number of rotatable bonds is 5. The second kappa shape index (κ2) is 7.48. The summed E-state index contributed by atoms with van der Waals surface area (Å²) >= 11 is 1.34. The lowest BCUT2D eigenvalue weighted by Crippen LogP contribution is -2.43. The van der Waals surface area contributed by atoms with Crippen molar-refractivity contribution in [2.24, 2.45) is 0 Å². The Hall–Kier alpha value is -1.74. The van der Waals surface area contributed by atoms with Crippen LogP contribution < -0.4 is 5.48 Å². The smallest absolute Gasteiger partial charge is 0.245 e. The third kappa shape index (κ3) is 3.42. The SMILES string of the molecule is O=C(C[C@]1(c2ccc(-c3cccc(CO)c3)s2)CCCCS1(=O)=O)NO. The quantitative estimate of drug-likeness (QED) is 0.533. The average molecular weight is 396 g/mol. The van der Waals surface area contributed by atoms with Crippen molar-refractivity contribution < 1.29 is 23.5 Å². The minimum absolute atomic E-state index is 0.0406. The van der Waals surface area contributed by atoms with Crippen LogP contribution in [0, 0.1) is 0 Å². The van der Waals surface area contributed by atoms with Crippen molar-refractivity contribution in [2.75, 3.05) is 5.75 Å². The van der Waals surface area contributed by atoms with Crippen LogP contribution in [0.3, 0.4) is 0 Å². The molecule has 0 radical (unpaired) electrons. The topological polar surface area (TPSA) is 104 Å². The number of nitrogens with one attached hydrogen (secondary N) is 1. The van der Waals surface area contributed by atoms with Gasteiger partial charge < -0.3 is 5.11 Å². The molecule has 3 rings (SSSR count). The summed E-state index contributed by atoms with van der Waals surface area (Å²) in [6, 6.07) is 11.0. The lowest BCUT2D eigenvalue weighted by molar-refractivity contribution is -0.130. The van der Waals surface area contributed by atoms with E-state index in [1.54, 1.807) is 11.5 Å². The van der Waals surface area contributed by atoms with Gasteiger partial charge in [0.05, 0.1) is 18.8 Å². The zero-order chi connectivity index (χ0) is 18.8. The summed E-state index contributed by atoms with van der Waals surface area (Å²) in [4.78, 5) is 13.3. The van der Waals surface area contributed by atoms with Crippen molar-refractivity contribution in [3.63, 3.8) is 0 Å². The second-order valence-corrected chi connectivity index (χ2v) is 10.0. The molecule has 1 aromatic carbocycles. The number of aliphatic hydroxyl groups is 1. The minimum atomic E-state index is -3.53. The number of hydrogen-bond acceptors (Lipinski definition) is 6. The molecule has 140 valence electrons. The van der Waals surface area contributed by atoms with Gasteiger partial charge in [-0.05, 0) is 42.2 Å². The van der Waals surface area contributed by atoms with E-state index in [4.69, 9.17) is 5.21 Å². The normalized spacial score (nSPS) is 22.1. The van der Waals surface area contributed by atoms with E-state index in [2.05, 4.69) is 0 Å². The molecule has 3 N–H and O–H groups in total. The third-order valence-corrected chi connectivity index (χ3v) is 8.91. The number of carbonyl (C=O) groups excluding carboxylic acids is 1. The van der Waals surface area contributed by atoms with Crippen molar-refractivity contribution >= 4 is 27.1 Å². The van der Waals surface area contributed by atoms with Gasteiger partial charge in [0.2, 0.25) is 5.91 Å². The zero-order valence-corrected chi connectivity index (χ0v) is 15.8. The number of amides is 1. The molecule has 2 aromatic rings. The number of thiophene rings is 1. The zero-order valence-electron chi connectivity index (χ0n) is 14.1. The fourth-order valence-electron chi connectivity index (χ4n) is 3.48. The van der Waals surface area contributed by atoms with Gasteiger partial charge in [-0.1, -0.05) is 24.6 Å². The number of benzene rings is 1. The highest BCUT2D eigenvalue weighted by Crippen LogP contribution is 2.47. The minimum Gasteiger partial charge on any atom is -0.392 e. The molecule has 2 heterocycles. The van der Waals surface area contributed by atoms with Gasteiger partial charge in [-0.25, -0.2) is 13.9 Å². The molecule has 1 amide bonds. The molecule has 8 heteroatoms. The molecular formula is C18H21NO5S2. The van der Waals surface area contributed by atoms with Crippen LogP contribution in [0.4, 0.5) is 0 Å². The summed E-state index contributed by atoms with van der Waals surface area (Å²) < 4.78 is 24.5. The maximum absolute atomic E-state index is 12.9. The molecule has 1 saturated heterocycles. The van der Waals surface area contributed by atoms with Gasteiger partial charge >= 0.3 is 0 Å². The molecule has 1 aliphatic rings. The summed E-state index contributed by atoms with van der Waals surface area (Å²) in [5.41, 5.74) is 3.24. The van der Waals surface area contributed by atoms with Crippen LogP contribution in [-0.2, 0) is 26.0 Å². The third-order valence-electron chi connectivity index (χ3n) is 4.86. The van der Waals surface area contributed by atoms with Crippen molar-refractivity contribution in [1.82, 2.24) is 5.48 Å². The molecule has 1 fully saturated rings. The summed E-state index contributed by atoms with van der Waals surface area (Å²) in [5, 5.41) is 18.2. The van der Waals surface area contributed by atoms with Gasteiger partial charge in [0.1, 0.15) is 4.75 Å². The Kier molecular flexibility index (Phi) is 5.47.